The van der Waals surface area contributed by atoms with Gasteiger partial charge in [0.1, 0.15) is 34.7 Å². The monoisotopic (exact) mass is 370 g/mol. The Morgan fingerprint density at radius 1 is 1.26 bits per heavy atom. The average molecular weight is 370 g/mol. The van der Waals surface area contributed by atoms with Crippen molar-refractivity contribution in [3.05, 3.63) is 53.1 Å². The quantitative estimate of drug-likeness (QED) is 0.553. The van der Waals surface area contributed by atoms with Gasteiger partial charge in [0.05, 0.1) is 12.7 Å². The van der Waals surface area contributed by atoms with E-state index in [1.165, 1.54) is 31.4 Å². The van der Waals surface area contributed by atoms with Crippen molar-refractivity contribution in [3.8, 4) is 23.0 Å². The van der Waals surface area contributed by atoms with Crippen LogP contribution in [0.15, 0.2) is 36.4 Å². The van der Waals surface area contributed by atoms with E-state index in [4.69, 9.17) is 9.47 Å². The van der Waals surface area contributed by atoms with Gasteiger partial charge < -0.3 is 24.8 Å². The zero-order chi connectivity index (χ0) is 19.8. The lowest BCUT2D eigenvalue weighted by Gasteiger charge is -2.24. The van der Waals surface area contributed by atoms with Crippen molar-refractivity contribution < 1.29 is 29.6 Å². The van der Waals surface area contributed by atoms with Crippen molar-refractivity contribution in [2.24, 2.45) is 0 Å². The Bertz CT molecular complexity index is 890. The molecule has 2 aromatic carbocycles. The lowest BCUT2D eigenvalue weighted by atomic mass is 9.95. The van der Waals surface area contributed by atoms with Gasteiger partial charge in [-0.05, 0) is 37.6 Å². The standard InChI is InChI=1S/C21H22O6/c1-21(2,25)18-10-14-16(24)11-17(26-3)19(20(14)27-18)15(23)9-6-12-4-7-13(22)8-5-12/h4-9,11,18,22,24-25H,10H2,1-3H3/b9-6+/t18-/m0/s1. The van der Waals surface area contributed by atoms with Crippen LogP contribution in [0.2, 0.25) is 0 Å². The van der Waals surface area contributed by atoms with Crippen LogP contribution in [0.5, 0.6) is 23.0 Å². The topological polar surface area (TPSA) is 96.2 Å². The first-order valence-electron chi connectivity index (χ1n) is 8.54. The van der Waals surface area contributed by atoms with Crippen LogP contribution in [-0.2, 0) is 6.42 Å². The van der Waals surface area contributed by atoms with Crippen LogP contribution in [0.1, 0.15) is 35.3 Å². The number of ketones is 1. The second kappa shape index (κ2) is 6.96. The molecular formula is C21H22O6. The van der Waals surface area contributed by atoms with E-state index in [2.05, 4.69) is 0 Å². The number of rotatable bonds is 5. The van der Waals surface area contributed by atoms with Crippen molar-refractivity contribution >= 4 is 11.9 Å². The van der Waals surface area contributed by atoms with Gasteiger partial charge in [-0.15, -0.1) is 0 Å². The Morgan fingerprint density at radius 3 is 2.52 bits per heavy atom. The van der Waals surface area contributed by atoms with Crippen molar-refractivity contribution in [2.45, 2.75) is 32.0 Å². The number of ether oxygens (including phenoxy) is 2. The summed E-state index contributed by atoms with van der Waals surface area (Å²) in [5.74, 6) is 0.185. The Labute approximate surface area is 157 Å². The second-order valence-corrected chi connectivity index (χ2v) is 7.03. The zero-order valence-electron chi connectivity index (χ0n) is 15.4. The van der Waals surface area contributed by atoms with Crippen LogP contribution < -0.4 is 9.47 Å². The first kappa shape index (κ1) is 18.8. The van der Waals surface area contributed by atoms with Crippen molar-refractivity contribution in [1.82, 2.24) is 0 Å². The molecule has 0 aromatic heterocycles. The van der Waals surface area contributed by atoms with Gasteiger partial charge in [-0.1, -0.05) is 18.2 Å². The van der Waals surface area contributed by atoms with Gasteiger partial charge in [0, 0.05) is 18.1 Å². The van der Waals surface area contributed by atoms with E-state index in [1.54, 1.807) is 32.1 Å². The number of phenolic OH excluding ortho intramolecular Hbond substituents is 2. The second-order valence-electron chi connectivity index (χ2n) is 7.03. The molecule has 0 radical (unpaired) electrons. The Hall–Kier alpha value is -2.99. The Balaban J connectivity index is 1.99. The molecule has 1 heterocycles. The molecule has 27 heavy (non-hydrogen) atoms. The molecule has 0 amide bonds. The predicted molar refractivity (Wildman–Crippen MR) is 101 cm³/mol. The molecule has 0 aliphatic carbocycles. The maximum Gasteiger partial charge on any atom is 0.193 e. The first-order valence-corrected chi connectivity index (χ1v) is 8.54. The van der Waals surface area contributed by atoms with E-state index < -0.39 is 11.7 Å². The van der Waals surface area contributed by atoms with E-state index in [-0.39, 0.29) is 40.8 Å². The summed E-state index contributed by atoms with van der Waals surface area (Å²) in [7, 11) is 1.41. The van der Waals surface area contributed by atoms with E-state index in [0.29, 0.717) is 5.56 Å². The minimum atomic E-state index is -1.14. The van der Waals surface area contributed by atoms with Gasteiger partial charge in [0.25, 0.3) is 0 Å². The lowest BCUT2D eigenvalue weighted by molar-refractivity contribution is -0.0232. The number of aliphatic hydroxyl groups is 1. The molecule has 0 saturated carbocycles. The number of hydrogen-bond acceptors (Lipinski definition) is 6. The van der Waals surface area contributed by atoms with Gasteiger partial charge in [-0.25, -0.2) is 0 Å². The number of carbonyl (C=O) groups excluding carboxylic acids is 1. The molecule has 1 aliphatic heterocycles. The summed E-state index contributed by atoms with van der Waals surface area (Å²) >= 11 is 0. The fourth-order valence-corrected chi connectivity index (χ4v) is 2.99. The number of allylic oxidation sites excluding steroid dienone is 1. The number of phenols is 2. The minimum absolute atomic E-state index is 0.0346. The van der Waals surface area contributed by atoms with E-state index in [1.807, 2.05) is 0 Å². The molecule has 6 nitrogen and oxygen atoms in total. The molecule has 0 bridgehead atoms. The number of carbonyl (C=O) groups is 1. The molecule has 3 N–H and O–H groups in total. The fourth-order valence-electron chi connectivity index (χ4n) is 2.99. The Kier molecular flexibility index (Phi) is 4.85. The highest BCUT2D eigenvalue weighted by molar-refractivity contribution is 6.11. The summed E-state index contributed by atoms with van der Waals surface area (Å²) in [5, 5.41) is 29.9. The fraction of sp³-hybridized carbons (Fsp3) is 0.286. The van der Waals surface area contributed by atoms with Gasteiger partial charge in [-0.3, -0.25) is 4.79 Å². The third-order valence-electron chi connectivity index (χ3n) is 4.55. The van der Waals surface area contributed by atoms with Gasteiger partial charge >= 0.3 is 0 Å². The van der Waals surface area contributed by atoms with Crippen LogP contribution in [0.4, 0.5) is 0 Å². The molecule has 0 saturated heterocycles. The molecule has 2 aromatic rings. The highest BCUT2D eigenvalue weighted by Gasteiger charge is 2.39. The van der Waals surface area contributed by atoms with E-state index in [9.17, 15) is 20.1 Å². The highest BCUT2D eigenvalue weighted by Crippen LogP contribution is 2.45. The summed E-state index contributed by atoms with van der Waals surface area (Å²) in [5.41, 5.74) is 0.281. The van der Waals surface area contributed by atoms with Crippen LogP contribution >= 0.6 is 0 Å². The minimum Gasteiger partial charge on any atom is -0.508 e. The van der Waals surface area contributed by atoms with Crippen LogP contribution in [0, 0.1) is 0 Å². The molecular weight excluding hydrogens is 348 g/mol. The molecule has 1 aliphatic rings. The Morgan fingerprint density at radius 2 is 1.93 bits per heavy atom. The number of fused-ring (bicyclic) bond motifs is 1. The molecule has 6 heteroatoms. The maximum absolute atomic E-state index is 12.9. The van der Waals surface area contributed by atoms with Crippen LogP contribution in [-0.4, -0.2) is 39.9 Å². The smallest absolute Gasteiger partial charge is 0.193 e. The summed E-state index contributed by atoms with van der Waals surface area (Å²) in [6.45, 7) is 3.23. The molecule has 3 rings (SSSR count). The summed E-state index contributed by atoms with van der Waals surface area (Å²) in [6.07, 6.45) is 2.69. The molecule has 0 unspecified atom stereocenters. The number of hydrogen-bond donors (Lipinski definition) is 3. The number of methoxy groups -OCH3 is 1. The van der Waals surface area contributed by atoms with E-state index in [0.717, 1.165) is 5.56 Å². The number of benzene rings is 2. The molecule has 142 valence electrons. The van der Waals surface area contributed by atoms with Crippen molar-refractivity contribution in [1.29, 1.82) is 0 Å². The van der Waals surface area contributed by atoms with Crippen molar-refractivity contribution in [3.63, 3.8) is 0 Å². The summed E-state index contributed by atoms with van der Waals surface area (Å²) < 4.78 is 11.1. The molecule has 1 atom stereocenters. The SMILES string of the molecule is COc1cc(O)c2c(c1C(=O)/C=C/c1ccc(O)cc1)O[C@H](C(C)(C)O)C2. The summed E-state index contributed by atoms with van der Waals surface area (Å²) in [6, 6.07) is 7.80. The van der Waals surface area contributed by atoms with Gasteiger partial charge in [-0.2, -0.15) is 0 Å². The number of aromatic hydroxyl groups is 2. The van der Waals surface area contributed by atoms with Gasteiger partial charge in [0.15, 0.2) is 5.78 Å². The third-order valence-corrected chi connectivity index (χ3v) is 4.55. The predicted octanol–water partition coefficient (Wildman–Crippen LogP) is 3.08. The van der Waals surface area contributed by atoms with Crippen LogP contribution in [0.25, 0.3) is 6.08 Å². The lowest BCUT2D eigenvalue weighted by Crippen LogP contribution is -2.39. The summed E-state index contributed by atoms with van der Waals surface area (Å²) in [4.78, 5) is 12.9. The average Bonchev–Trinajstić information content (AvgIpc) is 3.07. The zero-order valence-corrected chi connectivity index (χ0v) is 15.4. The molecule has 0 spiro atoms. The maximum atomic E-state index is 12.9. The first-order chi connectivity index (χ1) is 12.7. The van der Waals surface area contributed by atoms with Gasteiger partial charge in [0.2, 0.25) is 0 Å². The highest BCUT2D eigenvalue weighted by atomic mass is 16.5. The molecule has 0 fully saturated rings. The van der Waals surface area contributed by atoms with Crippen LogP contribution in [0.3, 0.4) is 0 Å². The normalized spacial score (nSPS) is 16.2. The largest absolute Gasteiger partial charge is 0.508 e. The van der Waals surface area contributed by atoms with E-state index >= 15 is 0 Å². The third kappa shape index (κ3) is 3.75. The van der Waals surface area contributed by atoms with Crippen molar-refractivity contribution in [2.75, 3.05) is 7.11 Å².